The Kier molecular flexibility index (Phi) is 12.0. The number of hydrogen-bond donors (Lipinski definition) is 1. The number of thiophene rings is 1. The van der Waals surface area contributed by atoms with Gasteiger partial charge in [-0.25, -0.2) is 9.97 Å². The molecule has 0 aliphatic carbocycles. The van der Waals surface area contributed by atoms with Crippen LogP contribution in [0.1, 0.15) is 111 Å². The van der Waals surface area contributed by atoms with Gasteiger partial charge in [0.2, 0.25) is 0 Å². The van der Waals surface area contributed by atoms with E-state index in [4.69, 9.17) is 19.4 Å². The zero-order valence-corrected chi connectivity index (χ0v) is 45.1. The molecular formula is C61H61N4O2PtS-. The topological polar surface area (TPSA) is 77.0 Å². The van der Waals surface area contributed by atoms with Crippen LogP contribution in [-0.2, 0) is 43.7 Å². The Labute approximate surface area is 425 Å². The fraction of sp³-hybridized carbons (Fsp3) is 0.295. The van der Waals surface area contributed by atoms with E-state index in [0.717, 1.165) is 105 Å². The first-order chi connectivity index (χ1) is 32.1. The van der Waals surface area contributed by atoms with Crippen molar-refractivity contribution in [2.45, 2.75) is 113 Å². The Morgan fingerprint density at radius 1 is 0.667 bits per heavy atom. The van der Waals surface area contributed by atoms with Gasteiger partial charge in [0.15, 0.2) is 5.58 Å². The molecule has 10 rings (SSSR count). The number of para-hydroxylation sites is 1. The van der Waals surface area contributed by atoms with E-state index in [-0.39, 0.29) is 48.5 Å². The number of benzene rings is 6. The third-order valence-electron chi connectivity index (χ3n) is 13.3. The minimum absolute atomic E-state index is 0. The van der Waals surface area contributed by atoms with Gasteiger partial charge in [0.1, 0.15) is 29.2 Å². The number of phenols is 1. The van der Waals surface area contributed by atoms with Crippen LogP contribution in [0.4, 0.5) is 0 Å². The molecule has 1 N–H and O–H groups in total. The molecule has 69 heavy (non-hydrogen) atoms. The van der Waals surface area contributed by atoms with Gasteiger partial charge in [-0.2, -0.15) is 0 Å². The summed E-state index contributed by atoms with van der Waals surface area (Å²) >= 11 is 1.70. The molecule has 0 saturated carbocycles. The van der Waals surface area contributed by atoms with Crippen LogP contribution >= 0.6 is 11.3 Å². The molecule has 6 nitrogen and oxygen atoms in total. The zero-order valence-electron chi connectivity index (χ0n) is 42.0. The summed E-state index contributed by atoms with van der Waals surface area (Å²) in [6, 6.07) is 42.8. The zero-order chi connectivity index (χ0) is 48.2. The van der Waals surface area contributed by atoms with E-state index in [1.54, 1.807) is 17.7 Å². The summed E-state index contributed by atoms with van der Waals surface area (Å²) in [7, 11) is 0. The van der Waals surface area contributed by atoms with E-state index >= 15 is 0 Å². The second kappa shape index (κ2) is 17.2. The molecule has 8 heteroatoms. The van der Waals surface area contributed by atoms with Gasteiger partial charge in [0, 0.05) is 49.9 Å². The number of aromatic hydroxyl groups is 1. The van der Waals surface area contributed by atoms with Crippen molar-refractivity contribution < 1.29 is 30.6 Å². The van der Waals surface area contributed by atoms with E-state index in [2.05, 4.69) is 210 Å². The number of imidazole rings is 1. The Hall–Kier alpha value is -5.88. The largest absolute Gasteiger partial charge is 0.507 e. The third-order valence-corrected chi connectivity index (χ3v) is 14.6. The molecule has 0 spiro atoms. The van der Waals surface area contributed by atoms with E-state index in [1.807, 2.05) is 0 Å². The molecule has 0 unspecified atom stereocenters. The second-order valence-electron chi connectivity index (χ2n) is 22.9. The fourth-order valence-electron chi connectivity index (χ4n) is 9.56. The molecule has 6 aromatic carbocycles. The SMILES string of the molecule is Cc1c(CC(C)(C)C)oc2c1sc1c(-c3[c-]c(-c4cccc5c4nc(-c4cc(C(C)(C)C)cc(C(C)(C)C)c4O)n5-c4ccc(C(C)(C)C)cc4-c4ccccc4)c4ccccc4c3)ncnc12.[Pt]. The summed E-state index contributed by atoms with van der Waals surface area (Å²) in [6.45, 7) is 28.8. The molecule has 0 atom stereocenters. The number of furan rings is 1. The van der Waals surface area contributed by atoms with E-state index in [1.165, 1.54) is 11.1 Å². The number of aromatic nitrogens is 4. The van der Waals surface area contributed by atoms with Crippen molar-refractivity contribution in [3.05, 3.63) is 150 Å². The Bertz CT molecular complexity index is 3610. The van der Waals surface area contributed by atoms with Crippen molar-refractivity contribution in [3.8, 4) is 56.3 Å². The van der Waals surface area contributed by atoms with Crippen LogP contribution in [0.5, 0.6) is 5.75 Å². The summed E-state index contributed by atoms with van der Waals surface area (Å²) in [5.41, 5.74) is 14.6. The first kappa shape index (κ1) is 48.2. The maximum Gasteiger partial charge on any atom is 0.170 e. The van der Waals surface area contributed by atoms with Gasteiger partial charge in [-0.05, 0) is 69.5 Å². The molecule has 0 saturated heterocycles. The Balaban J connectivity index is 0.00000593. The van der Waals surface area contributed by atoms with E-state index in [0.29, 0.717) is 11.4 Å². The van der Waals surface area contributed by atoms with Crippen LogP contribution in [-0.4, -0.2) is 24.6 Å². The van der Waals surface area contributed by atoms with Gasteiger partial charge < -0.3 is 9.52 Å². The van der Waals surface area contributed by atoms with Crippen molar-refractivity contribution in [2.75, 3.05) is 0 Å². The summed E-state index contributed by atoms with van der Waals surface area (Å²) in [5, 5.41) is 14.7. The third kappa shape index (κ3) is 8.65. The van der Waals surface area contributed by atoms with Crippen LogP contribution in [0.2, 0.25) is 0 Å². The van der Waals surface area contributed by atoms with Crippen LogP contribution in [0.25, 0.3) is 92.9 Å². The standard InChI is InChI=1S/C61H61N4O2S.Pt/c1-35-49(33-58(2,3)4)67-54-52-56(68-55(35)54)50(62-34-63-52)38-28-37-22-17-18-23-41(37)44(29-38)42-24-19-25-48-51(42)64-57(45-31-40(60(8,9)10)32-46(53(45)66)61(11,12)13)65(48)47-27-26-39(59(5,6)7)30-43(47)36-20-15-14-16-21-36;/h14-28,30-32,34,66H,33H2,1-13H3;/q-1;. The van der Waals surface area contributed by atoms with Gasteiger partial charge in [0.25, 0.3) is 0 Å². The smallest absolute Gasteiger partial charge is 0.170 e. The van der Waals surface area contributed by atoms with Gasteiger partial charge in [-0.3, -0.25) is 9.55 Å². The fourth-order valence-corrected chi connectivity index (χ4v) is 10.8. The van der Waals surface area contributed by atoms with Gasteiger partial charge >= 0.3 is 0 Å². The van der Waals surface area contributed by atoms with E-state index in [9.17, 15) is 5.11 Å². The number of aryl methyl sites for hydroxylation is 1. The molecule has 0 fully saturated rings. The summed E-state index contributed by atoms with van der Waals surface area (Å²) in [4.78, 5) is 15.5. The molecule has 0 amide bonds. The number of rotatable bonds is 6. The van der Waals surface area contributed by atoms with Crippen molar-refractivity contribution in [3.63, 3.8) is 0 Å². The van der Waals surface area contributed by atoms with Gasteiger partial charge in [-0.1, -0.05) is 184 Å². The van der Waals surface area contributed by atoms with Crippen LogP contribution in [0.3, 0.4) is 0 Å². The van der Waals surface area contributed by atoms with Crippen LogP contribution in [0.15, 0.2) is 120 Å². The number of nitrogens with zero attached hydrogens (tertiary/aromatic N) is 4. The monoisotopic (exact) mass is 1110 g/mol. The predicted molar refractivity (Wildman–Crippen MR) is 286 cm³/mol. The molecule has 10 aromatic rings. The molecule has 4 aromatic heterocycles. The summed E-state index contributed by atoms with van der Waals surface area (Å²) in [5.74, 6) is 1.93. The first-order valence-electron chi connectivity index (χ1n) is 23.8. The number of hydrogen-bond acceptors (Lipinski definition) is 6. The maximum atomic E-state index is 12.6. The minimum Gasteiger partial charge on any atom is -0.507 e. The van der Waals surface area contributed by atoms with Crippen molar-refractivity contribution >= 4 is 53.6 Å². The van der Waals surface area contributed by atoms with Gasteiger partial charge in [-0.15, -0.1) is 29.0 Å². The van der Waals surface area contributed by atoms with Gasteiger partial charge in [0.05, 0.1) is 31.7 Å². The normalized spacial score (nSPS) is 12.7. The van der Waals surface area contributed by atoms with Crippen LogP contribution in [0, 0.1) is 18.4 Å². The number of fused-ring (bicyclic) bond motifs is 5. The summed E-state index contributed by atoms with van der Waals surface area (Å²) in [6.07, 6.45) is 2.50. The molecular weight excluding hydrogens is 1050 g/mol. The van der Waals surface area contributed by atoms with Crippen LogP contribution < -0.4 is 0 Å². The maximum absolute atomic E-state index is 12.6. The molecule has 0 aliphatic rings. The predicted octanol–water partition coefficient (Wildman–Crippen LogP) is 16.9. The van der Waals surface area contributed by atoms with E-state index < -0.39 is 0 Å². The Morgan fingerprint density at radius 3 is 2.06 bits per heavy atom. The number of phenolic OH excluding ortho intramolecular Hbond substituents is 1. The average Bonchev–Trinajstić information content (AvgIpc) is 3.94. The minimum atomic E-state index is -0.342. The summed E-state index contributed by atoms with van der Waals surface area (Å²) < 4.78 is 11.0. The van der Waals surface area contributed by atoms with Crippen molar-refractivity contribution in [2.24, 2.45) is 5.41 Å². The molecule has 0 radical (unpaired) electrons. The van der Waals surface area contributed by atoms with Crippen molar-refractivity contribution in [1.29, 1.82) is 0 Å². The van der Waals surface area contributed by atoms with Crippen molar-refractivity contribution in [1.82, 2.24) is 19.5 Å². The first-order valence-corrected chi connectivity index (χ1v) is 24.6. The molecule has 0 bridgehead atoms. The Morgan fingerprint density at radius 2 is 1.36 bits per heavy atom. The molecule has 354 valence electrons. The quantitative estimate of drug-likeness (QED) is 0.168. The molecule has 0 aliphatic heterocycles. The second-order valence-corrected chi connectivity index (χ2v) is 23.9. The molecule has 4 heterocycles. The average molecular weight is 1110 g/mol.